The highest BCUT2D eigenvalue weighted by Gasteiger charge is 2.46. The fourth-order valence-corrected chi connectivity index (χ4v) is 4.06. The Morgan fingerprint density at radius 3 is 2.29 bits per heavy atom. The van der Waals surface area contributed by atoms with Gasteiger partial charge in [0.25, 0.3) is 11.7 Å². The summed E-state index contributed by atoms with van der Waals surface area (Å²) in [7, 11) is 0. The molecule has 0 radical (unpaired) electrons. The average molecular weight is 458 g/mol. The summed E-state index contributed by atoms with van der Waals surface area (Å²) in [6.07, 6.45) is -0.0491. The molecule has 4 rings (SSSR count). The largest absolute Gasteiger partial charge is 0.507 e. The molecular formula is C28H27NO5. The van der Waals surface area contributed by atoms with Gasteiger partial charge in [0.2, 0.25) is 0 Å². The number of carbonyl (C=O) groups is 2. The number of anilines is 1. The molecule has 6 nitrogen and oxygen atoms in total. The van der Waals surface area contributed by atoms with E-state index >= 15 is 0 Å². The van der Waals surface area contributed by atoms with E-state index in [4.69, 9.17) is 9.47 Å². The number of Topliss-reactive ketones (excluding diaryl/α,β-unsaturated/α-hetero) is 1. The zero-order valence-corrected chi connectivity index (χ0v) is 19.4. The Morgan fingerprint density at radius 2 is 1.65 bits per heavy atom. The minimum atomic E-state index is -0.784. The van der Waals surface area contributed by atoms with Crippen LogP contribution in [-0.2, 0) is 9.59 Å². The molecule has 0 bridgehead atoms. The fourth-order valence-electron chi connectivity index (χ4n) is 4.06. The molecule has 3 aromatic carbocycles. The highest BCUT2D eigenvalue weighted by Crippen LogP contribution is 2.42. The number of hydrogen-bond acceptors (Lipinski definition) is 5. The van der Waals surface area contributed by atoms with Crippen molar-refractivity contribution >= 4 is 23.1 Å². The first kappa shape index (κ1) is 23.1. The SMILES string of the molecule is CCOc1ccc(N2C(=O)C(=O)/C(=C(\O)c3cccc(OC(C)C)c3)C2c2ccccc2)cc1. The normalized spacial score (nSPS) is 17.3. The number of aliphatic hydroxyl groups excluding tert-OH is 1. The van der Waals surface area contributed by atoms with Crippen LogP contribution in [0, 0.1) is 0 Å². The maximum atomic E-state index is 13.3. The van der Waals surface area contributed by atoms with E-state index in [0.29, 0.717) is 34.9 Å². The number of hydrogen-bond donors (Lipinski definition) is 1. The van der Waals surface area contributed by atoms with Gasteiger partial charge in [-0.05, 0) is 62.7 Å². The van der Waals surface area contributed by atoms with Crippen molar-refractivity contribution in [2.45, 2.75) is 32.9 Å². The molecule has 174 valence electrons. The second kappa shape index (κ2) is 9.83. The molecule has 3 aromatic rings. The second-order valence-electron chi connectivity index (χ2n) is 8.20. The summed E-state index contributed by atoms with van der Waals surface area (Å²) in [5.74, 6) is -0.448. The van der Waals surface area contributed by atoms with Gasteiger partial charge in [-0.25, -0.2) is 0 Å². The molecule has 1 aliphatic rings. The molecule has 1 unspecified atom stereocenters. The molecule has 0 spiro atoms. The first-order valence-corrected chi connectivity index (χ1v) is 11.3. The van der Waals surface area contributed by atoms with Crippen molar-refractivity contribution in [2.75, 3.05) is 11.5 Å². The molecule has 0 aromatic heterocycles. The van der Waals surface area contributed by atoms with Crippen LogP contribution in [0.4, 0.5) is 5.69 Å². The third-order valence-corrected chi connectivity index (χ3v) is 5.46. The van der Waals surface area contributed by atoms with Gasteiger partial charge in [-0.2, -0.15) is 0 Å². The third-order valence-electron chi connectivity index (χ3n) is 5.46. The van der Waals surface area contributed by atoms with Crippen molar-refractivity contribution in [2.24, 2.45) is 0 Å². The molecule has 1 aliphatic heterocycles. The number of rotatable bonds is 7. The standard InChI is InChI=1S/C28H27NO5/c1-4-33-22-15-13-21(14-16-22)29-25(19-9-6-5-7-10-19)24(27(31)28(29)32)26(30)20-11-8-12-23(17-20)34-18(2)3/h5-18,25,30H,4H2,1-3H3/b26-24-. The second-order valence-corrected chi connectivity index (χ2v) is 8.20. The van der Waals surface area contributed by atoms with Crippen molar-refractivity contribution in [3.05, 3.63) is 95.6 Å². The molecule has 0 aliphatic carbocycles. The predicted molar refractivity (Wildman–Crippen MR) is 131 cm³/mol. The van der Waals surface area contributed by atoms with Gasteiger partial charge >= 0.3 is 0 Å². The Bertz CT molecular complexity index is 1220. The van der Waals surface area contributed by atoms with Crippen LogP contribution in [0.5, 0.6) is 11.5 Å². The van der Waals surface area contributed by atoms with Crippen LogP contribution >= 0.6 is 0 Å². The van der Waals surface area contributed by atoms with Gasteiger partial charge in [0, 0.05) is 11.3 Å². The molecule has 0 saturated carbocycles. The zero-order chi connectivity index (χ0) is 24.2. The first-order valence-electron chi connectivity index (χ1n) is 11.3. The molecule has 34 heavy (non-hydrogen) atoms. The van der Waals surface area contributed by atoms with Gasteiger partial charge in [-0.15, -0.1) is 0 Å². The number of ether oxygens (including phenoxy) is 2. The van der Waals surface area contributed by atoms with E-state index in [1.807, 2.05) is 51.1 Å². The number of nitrogens with zero attached hydrogens (tertiary/aromatic N) is 1. The maximum absolute atomic E-state index is 13.3. The third kappa shape index (κ3) is 4.53. The van der Waals surface area contributed by atoms with E-state index in [1.54, 1.807) is 48.5 Å². The van der Waals surface area contributed by atoms with E-state index in [0.717, 1.165) is 0 Å². The molecule has 1 saturated heterocycles. The lowest BCUT2D eigenvalue weighted by Gasteiger charge is -2.25. The van der Waals surface area contributed by atoms with Crippen LogP contribution in [0.1, 0.15) is 37.9 Å². The Labute approximate surface area is 199 Å². The predicted octanol–water partition coefficient (Wildman–Crippen LogP) is 5.50. The smallest absolute Gasteiger partial charge is 0.300 e. The first-order chi connectivity index (χ1) is 16.4. The van der Waals surface area contributed by atoms with Gasteiger partial charge in [-0.1, -0.05) is 42.5 Å². The summed E-state index contributed by atoms with van der Waals surface area (Å²) in [5, 5.41) is 11.3. The lowest BCUT2D eigenvalue weighted by atomic mass is 9.95. The van der Waals surface area contributed by atoms with E-state index in [1.165, 1.54) is 4.90 Å². The van der Waals surface area contributed by atoms with Crippen LogP contribution in [0.15, 0.2) is 84.4 Å². The Morgan fingerprint density at radius 1 is 0.941 bits per heavy atom. The van der Waals surface area contributed by atoms with Crippen LogP contribution in [-0.4, -0.2) is 29.5 Å². The lowest BCUT2D eigenvalue weighted by molar-refractivity contribution is -0.132. The summed E-state index contributed by atoms with van der Waals surface area (Å²) in [5.41, 5.74) is 1.69. The highest BCUT2D eigenvalue weighted by molar-refractivity contribution is 6.51. The van der Waals surface area contributed by atoms with E-state index in [9.17, 15) is 14.7 Å². The number of benzene rings is 3. The van der Waals surface area contributed by atoms with Crippen LogP contribution in [0.2, 0.25) is 0 Å². The van der Waals surface area contributed by atoms with E-state index < -0.39 is 17.7 Å². The van der Waals surface area contributed by atoms with Crippen molar-refractivity contribution in [3.8, 4) is 11.5 Å². The van der Waals surface area contributed by atoms with Crippen LogP contribution in [0.3, 0.4) is 0 Å². The topological polar surface area (TPSA) is 76.1 Å². The molecule has 1 fully saturated rings. The van der Waals surface area contributed by atoms with Gasteiger partial charge in [-0.3, -0.25) is 14.5 Å². The maximum Gasteiger partial charge on any atom is 0.300 e. The van der Waals surface area contributed by atoms with Crippen LogP contribution < -0.4 is 14.4 Å². The number of aliphatic hydroxyl groups is 1. The summed E-state index contributed by atoms with van der Waals surface area (Å²) >= 11 is 0. The Hall–Kier alpha value is -4.06. The van der Waals surface area contributed by atoms with E-state index in [2.05, 4.69) is 0 Å². The van der Waals surface area contributed by atoms with Gasteiger partial charge < -0.3 is 14.6 Å². The van der Waals surface area contributed by atoms with Gasteiger partial charge in [0.1, 0.15) is 17.3 Å². The molecule has 1 heterocycles. The average Bonchev–Trinajstić information content (AvgIpc) is 3.10. The molecule has 1 N–H and O–H groups in total. The molecule has 1 amide bonds. The number of amides is 1. The van der Waals surface area contributed by atoms with Crippen LogP contribution in [0.25, 0.3) is 5.76 Å². The quantitative estimate of drug-likeness (QED) is 0.288. The minimum Gasteiger partial charge on any atom is -0.507 e. The molecule has 1 atom stereocenters. The van der Waals surface area contributed by atoms with Crippen molar-refractivity contribution in [1.29, 1.82) is 0 Å². The summed E-state index contributed by atoms with van der Waals surface area (Å²) in [6.45, 7) is 6.23. The number of carbonyl (C=O) groups excluding carboxylic acids is 2. The Kier molecular flexibility index (Phi) is 6.68. The van der Waals surface area contributed by atoms with Gasteiger partial charge in [0.15, 0.2) is 0 Å². The van der Waals surface area contributed by atoms with E-state index in [-0.39, 0.29) is 17.4 Å². The lowest BCUT2D eigenvalue weighted by Crippen LogP contribution is -2.29. The Balaban J connectivity index is 1.85. The minimum absolute atomic E-state index is 0.0341. The van der Waals surface area contributed by atoms with Gasteiger partial charge in [0.05, 0.1) is 24.3 Å². The highest BCUT2D eigenvalue weighted by atomic mass is 16.5. The fraction of sp³-hybridized carbons (Fsp3) is 0.214. The summed E-state index contributed by atoms with van der Waals surface area (Å²) < 4.78 is 11.2. The summed E-state index contributed by atoms with van der Waals surface area (Å²) in [4.78, 5) is 27.9. The van der Waals surface area contributed by atoms with Crippen molar-refractivity contribution < 1.29 is 24.2 Å². The van der Waals surface area contributed by atoms with Crippen molar-refractivity contribution in [1.82, 2.24) is 0 Å². The zero-order valence-electron chi connectivity index (χ0n) is 19.4. The molecular weight excluding hydrogens is 430 g/mol. The number of ketones is 1. The van der Waals surface area contributed by atoms with Crippen molar-refractivity contribution in [3.63, 3.8) is 0 Å². The monoisotopic (exact) mass is 457 g/mol. The molecule has 6 heteroatoms. The summed E-state index contributed by atoms with van der Waals surface area (Å²) in [6, 6.07) is 22.3.